The number of para-hydroxylation sites is 1. The maximum Gasteiger partial charge on any atom is 0.309 e. The Morgan fingerprint density at radius 3 is 2.28 bits per heavy atom. The van der Waals surface area contributed by atoms with Gasteiger partial charge in [-0.05, 0) is 50.5 Å². The van der Waals surface area contributed by atoms with E-state index >= 15 is 0 Å². The van der Waals surface area contributed by atoms with Crippen molar-refractivity contribution in [1.29, 1.82) is 0 Å². The van der Waals surface area contributed by atoms with Gasteiger partial charge in [-0.2, -0.15) is 0 Å². The number of carboxylic acids is 1. The van der Waals surface area contributed by atoms with Gasteiger partial charge in [0.25, 0.3) is 10.0 Å². The van der Waals surface area contributed by atoms with Gasteiger partial charge >= 0.3 is 5.97 Å². The summed E-state index contributed by atoms with van der Waals surface area (Å²) in [6, 6.07) is 12.9. The van der Waals surface area contributed by atoms with E-state index in [0.717, 1.165) is 12.0 Å². The molecule has 2 rings (SSSR count). The Bertz CT molecular complexity index is 996. The molecular weight excluding hydrogens is 392 g/mol. The summed E-state index contributed by atoms with van der Waals surface area (Å²) in [4.78, 5) is 11.3. The number of hydrogen-bond acceptors (Lipinski definition) is 5. The molecule has 0 radical (unpaired) electrons. The number of rotatable bonds is 9. The second-order valence-corrected chi connectivity index (χ2v) is 9.14. The Balaban J connectivity index is 2.28. The zero-order valence-corrected chi connectivity index (χ0v) is 17.5. The third-order valence-corrected chi connectivity index (χ3v) is 5.93. The number of hydrogen-bond donors (Lipinski definition) is 3. The molecule has 0 saturated carbocycles. The lowest BCUT2D eigenvalue weighted by molar-refractivity contribution is -0.146. The number of nitrogens with one attached hydrogen (secondary N) is 1. The first kappa shape index (κ1) is 22.4. The molecule has 29 heavy (non-hydrogen) atoms. The average molecular weight is 419 g/mol. The molecule has 0 aliphatic carbocycles. The summed E-state index contributed by atoms with van der Waals surface area (Å²) < 4.78 is 28.2. The molecule has 0 aliphatic heterocycles. The van der Waals surface area contributed by atoms with Crippen molar-refractivity contribution < 1.29 is 23.5 Å². The number of sulfonamides is 1. The molecular formula is C21H26N2O5S. The number of anilines is 1. The Hall–Kier alpha value is -2.87. The molecule has 0 unspecified atom stereocenters. The number of nitrogens with zero attached hydrogens (tertiary/aromatic N) is 1. The first-order valence-corrected chi connectivity index (χ1v) is 10.7. The van der Waals surface area contributed by atoms with Gasteiger partial charge in [0.2, 0.25) is 0 Å². The summed E-state index contributed by atoms with van der Waals surface area (Å²) in [5, 5.41) is 21.8. The van der Waals surface area contributed by atoms with Gasteiger partial charge in [0.15, 0.2) is 0 Å². The Labute approximate surface area is 171 Å². The third kappa shape index (κ3) is 5.57. The smallest absolute Gasteiger partial charge is 0.309 e. The van der Waals surface area contributed by atoms with E-state index in [4.69, 9.17) is 0 Å². The standard InChI is InChI=1S/C21H26N2O5S/c1-4-7-18(22-26)17-8-5-6-9-19(17)23-29(27,28)16-12-10-15(11-13-16)14-21(2,3)20(24)25/h5-6,8-13,23,26H,4,7,14H2,1-3H3,(H,24,25). The van der Waals surface area contributed by atoms with E-state index in [0.29, 0.717) is 23.4 Å². The van der Waals surface area contributed by atoms with Crippen molar-refractivity contribution in [3.63, 3.8) is 0 Å². The van der Waals surface area contributed by atoms with Crippen molar-refractivity contribution in [3.8, 4) is 0 Å². The summed E-state index contributed by atoms with van der Waals surface area (Å²) in [6.07, 6.45) is 1.53. The molecule has 0 aromatic heterocycles. The maximum absolute atomic E-state index is 12.8. The van der Waals surface area contributed by atoms with E-state index in [2.05, 4.69) is 9.88 Å². The van der Waals surface area contributed by atoms with Crippen LogP contribution in [0.3, 0.4) is 0 Å². The topological polar surface area (TPSA) is 116 Å². The maximum atomic E-state index is 12.8. The van der Waals surface area contributed by atoms with Gasteiger partial charge in [-0.3, -0.25) is 9.52 Å². The van der Waals surface area contributed by atoms with Gasteiger partial charge < -0.3 is 10.3 Å². The van der Waals surface area contributed by atoms with Crippen LogP contribution in [0.15, 0.2) is 58.6 Å². The van der Waals surface area contributed by atoms with Crippen molar-refractivity contribution in [2.75, 3.05) is 4.72 Å². The number of carboxylic acid groups (broad SMARTS) is 1. The fourth-order valence-corrected chi connectivity index (χ4v) is 3.95. The monoisotopic (exact) mass is 418 g/mol. The second-order valence-electron chi connectivity index (χ2n) is 7.46. The van der Waals surface area contributed by atoms with Crippen LogP contribution >= 0.6 is 0 Å². The summed E-state index contributed by atoms with van der Waals surface area (Å²) in [5.41, 5.74) is 1.02. The van der Waals surface area contributed by atoms with Gasteiger partial charge in [-0.25, -0.2) is 8.42 Å². The summed E-state index contributed by atoms with van der Waals surface area (Å²) >= 11 is 0. The van der Waals surface area contributed by atoms with Gasteiger partial charge in [0.05, 0.1) is 21.7 Å². The van der Waals surface area contributed by atoms with Crippen LogP contribution in [0.25, 0.3) is 0 Å². The highest BCUT2D eigenvalue weighted by atomic mass is 32.2. The minimum Gasteiger partial charge on any atom is -0.481 e. The van der Waals surface area contributed by atoms with Crippen LogP contribution in [0, 0.1) is 5.41 Å². The number of benzene rings is 2. The number of carbonyl (C=O) groups is 1. The normalized spacial score (nSPS) is 12.6. The first-order valence-electron chi connectivity index (χ1n) is 9.26. The van der Waals surface area contributed by atoms with E-state index in [1.54, 1.807) is 50.2 Å². The van der Waals surface area contributed by atoms with Crippen LogP contribution in [0.4, 0.5) is 5.69 Å². The Morgan fingerprint density at radius 2 is 1.72 bits per heavy atom. The summed E-state index contributed by atoms with van der Waals surface area (Å²) in [7, 11) is -3.87. The lowest BCUT2D eigenvalue weighted by Crippen LogP contribution is -2.26. The Kier molecular flexibility index (Phi) is 7.02. The van der Waals surface area contributed by atoms with Crippen molar-refractivity contribution >= 4 is 27.4 Å². The van der Waals surface area contributed by atoms with Crippen LogP contribution in [-0.2, 0) is 21.2 Å². The molecule has 0 fully saturated rings. The largest absolute Gasteiger partial charge is 0.481 e. The van der Waals surface area contributed by atoms with Crippen molar-refractivity contribution in [2.24, 2.45) is 10.6 Å². The van der Waals surface area contributed by atoms with E-state index in [9.17, 15) is 23.5 Å². The van der Waals surface area contributed by atoms with Gasteiger partial charge in [0, 0.05) is 5.56 Å². The quantitative estimate of drug-likeness (QED) is 0.322. The van der Waals surface area contributed by atoms with Crippen LogP contribution in [0.1, 0.15) is 44.7 Å². The average Bonchev–Trinajstić information content (AvgIpc) is 2.66. The van der Waals surface area contributed by atoms with Crippen LogP contribution in [0.2, 0.25) is 0 Å². The van der Waals surface area contributed by atoms with E-state index in [1.807, 2.05) is 6.92 Å². The molecule has 2 aromatic carbocycles. The van der Waals surface area contributed by atoms with Crippen molar-refractivity contribution in [1.82, 2.24) is 0 Å². The zero-order valence-electron chi connectivity index (χ0n) is 16.7. The molecule has 0 spiro atoms. The van der Waals surface area contributed by atoms with Gasteiger partial charge in [-0.1, -0.05) is 48.8 Å². The van der Waals surface area contributed by atoms with Crippen molar-refractivity contribution in [2.45, 2.75) is 44.9 Å². The fourth-order valence-electron chi connectivity index (χ4n) is 2.88. The molecule has 0 heterocycles. The van der Waals surface area contributed by atoms with Crippen LogP contribution in [0.5, 0.6) is 0 Å². The minimum atomic E-state index is -3.87. The van der Waals surface area contributed by atoms with E-state index < -0.39 is 21.4 Å². The predicted octanol–water partition coefficient (Wildman–Crippen LogP) is 4.12. The molecule has 0 atom stereocenters. The third-order valence-electron chi connectivity index (χ3n) is 4.55. The first-order chi connectivity index (χ1) is 13.6. The molecule has 0 aliphatic rings. The second kappa shape index (κ2) is 9.09. The van der Waals surface area contributed by atoms with Crippen LogP contribution in [-0.4, -0.2) is 30.4 Å². The predicted molar refractivity (Wildman–Crippen MR) is 112 cm³/mol. The molecule has 156 valence electrons. The zero-order chi connectivity index (χ0) is 21.7. The van der Waals surface area contributed by atoms with E-state index in [1.165, 1.54) is 12.1 Å². The molecule has 0 bridgehead atoms. The highest BCUT2D eigenvalue weighted by Crippen LogP contribution is 2.25. The van der Waals surface area contributed by atoms with E-state index in [-0.39, 0.29) is 11.3 Å². The molecule has 8 heteroatoms. The summed E-state index contributed by atoms with van der Waals surface area (Å²) in [6.45, 7) is 5.18. The number of aliphatic carboxylic acids is 1. The fraction of sp³-hybridized carbons (Fsp3) is 0.333. The lowest BCUT2D eigenvalue weighted by atomic mass is 9.86. The molecule has 3 N–H and O–H groups in total. The minimum absolute atomic E-state index is 0.0576. The Morgan fingerprint density at radius 1 is 1.10 bits per heavy atom. The molecule has 2 aromatic rings. The van der Waals surface area contributed by atoms with Gasteiger partial charge in [-0.15, -0.1) is 0 Å². The van der Waals surface area contributed by atoms with Crippen LogP contribution < -0.4 is 4.72 Å². The number of oxime groups is 1. The van der Waals surface area contributed by atoms with Gasteiger partial charge in [0.1, 0.15) is 0 Å². The molecule has 7 nitrogen and oxygen atoms in total. The lowest BCUT2D eigenvalue weighted by Gasteiger charge is -2.19. The van der Waals surface area contributed by atoms with Crippen molar-refractivity contribution in [3.05, 3.63) is 59.7 Å². The highest BCUT2D eigenvalue weighted by Gasteiger charge is 2.27. The molecule has 0 amide bonds. The SMILES string of the molecule is CCCC(=NO)c1ccccc1NS(=O)(=O)c1ccc(CC(C)(C)C(=O)O)cc1. The highest BCUT2D eigenvalue weighted by molar-refractivity contribution is 7.92. The molecule has 0 saturated heterocycles. The summed E-state index contributed by atoms with van der Waals surface area (Å²) in [5.74, 6) is -0.916.